The lowest BCUT2D eigenvalue weighted by molar-refractivity contribution is -0.144. The summed E-state index contributed by atoms with van der Waals surface area (Å²) in [5.41, 5.74) is 0.882. The number of hydrogen-bond acceptors (Lipinski definition) is 4. The van der Waals surface area contributed by atoms with Gasteiger partial charge in [0, 0.05) is 5.56 Å². The average molecular weight is 288 g/mol. The smallest absolute Gasteiger partial charge is 0.451 e. The molecule has 9 heteroatoms. The van der Waals surface area contributed by atoms with Gasteiger partial charge in [-0.3, -0.25) is 15.2 Å². The molecule has 0 bridgehead atoms. The molecule has 0 fully saturated rings. The van der Waals surface area contributed by atoms with Gasteiger partial charge in [0.05, 0.1) is 5.56 Å². The summed E-state index contributed by atoms with van der Waals surface area (Å²) in [6.07, 6.45) is -4.64. The van der Waals surface area contributed by atoms with E-state index >= 15 is 0 Å². The van der Waals surface area contributed by atoms with E-state index in [1.54, 1.807) is 25.9 Å². The quantitative estimate of drug-likeness (QED) is 0.889. The molecule has 2 aromatic rings. The van der Waals surface area contributed by atoms with Crippen LogP contribution in [0.2, 0.25) is 0 Å². The third-order valence-electron chi connectivity index (χ3n) is 2.77. The Morgan fingerprint density at radius 1 is 1.25 bits per heavy atom. The number of hydrogen-bond donors (Lipinski definition) is 2. The highest BCUT2D eigenvalue weighted by Crippen LogP contribution is 2.26. The van der Waals surface area contributed by atoms with Crippen molar-refractivity contribution in [3.05, 3.63) is 28.5 Å². The minimum Gasteiger partial charge on any atom is -0.466 e. The predicted octanol–water partition coefficient (Wildman–Crippen LogP) is 2.59. The number of H-pyrrole nitrogens is 1. The fraction of sp³-hybridized carbons (Fsp3) is 0.364. The van der Waals surface area contributed by atoms with Crippen LogP contribution in [0.25, 0.3) is 0 Å². The maximum atomic E-state index is 12.3. The van der Waals surface area contributed by atoms with Gasteiger partial charge in [0.2, 0.25) is 11.8 Å². The van der Waals surface area contributed by atoms with Gasteiger partial charge in [0.25, 0.3) is 5.91 Å². The second-order valence-corrected chi connectivity index (χ2v) is 4.17. The summed E-state index contributed by atoms with van der Waals surface area (Å²) in [4.78, 5) is 15.1. The van der Waals surface area contributed by atoms with Crippen molar-refractivity contribution in [3.8, 4) is 0 Å². The Kier molecular flexibility index (Phi) is 3.28. The van der Waals surface area contributed by atoms with Gasteiger partial charge in [0.1, 0.15) is 11.5 Å². The van der Waals surface area contributed by atoms with Gasteiger partial charge in [-0.15, -0.1) is 5.10 Å². The third-order valence-corrected chi connectivity index (χ3v) is 2.77. The molecule has 0 aromatic carbocycles. The highest BCUT2D eigenvalue weighted by atomic mass is 19.4. The first-order chi connectivity index (χ1) is 9.20. The molecule has 0 radical (unpaired) electrons. The summed E-state index contributed by atoms with van der Waals surface area (Å²) in [6.45, 7) is 4.96. The van der Waals surface area contributed by atoms with Crippen molar-refractivity contribution in [1.29, 1.82) is 0 Å². The number of rotatable bonds is 2. The van der Waals surface area contributed by atoms with Gasteiger partial charge < -0.3 is 4.42 Å². The molecule has 2 rings (SSSR count). The van der Waals surface area contributed by atoms with Crippen molar-refractivity contribution in [2.24, 2.45) is 0 Å². The molecule has 0 aliphatic carbocycles. The lowest BCUT2D eigenvalue weighted by atomic mass is 10.1. The SMILES string of the molecule is Cc1oc(C)c(C(=O)Nc2n[nH]c(C(F)(F)F)n2)c1C. The zero-order chi connectivity index (χ0) is 15.1. The molecular weight excluding hydrogens is 277 g/mol. The molecule has 2 heterocycles. The van der Waals surface area contributed by atoms with Crippen LogP contribution in [0, 0.1) is 20.8 Å². The number of alkyl halides is 3. The molecular formula is C11H11F3N4O2. The molecule has 0 unspecified atom stereocenters. The fourth-order valence-electron chi connectivity index (χ4n) is 1.74. The van der Waals surface area contributed by atoms with Crippen LogP contribution < -0.4 is 5.32 Å². The van der Waals surface area contributed by atoms with Crippen molar-refractivity contribution in [2.75, 3.05) is 5.32 Å². The van der Waals surface area contributed by atoms with E-state index in [0.29, 0.717) is 17.1 Å². The Hall–Kier alpha value is -2.32. The first kappa shape index (κ1) is 14.1. The second-order valence-electron chi connectivity index (χ2n) is 4.17. The standard InChI is InChI=1S/C11H11F3N4O2/c1-4-5(2)20-6(3)7(4)8(19)15-10-16-9(17-18-10)11(12,13)14/h1-3H3,(H2,15,16,17,18,19). The predicted molar refractivity (Wildman–Crippen MR) is 62.3 cm³/mol. The molecule has 108 valence electrons. The van der Waals surface area contributed by atoms with E-state index < -0.39 is 23.9 Å². The number of aromatic nitrogens is 3. The van der Waals surface area contributed by atoms with E-state index in [1.165, 1.54) is 0 Å². The largest absolute Gasteiger partial charge is 0.466 e. The Morgan fingerprint density at radius 2 is 1.90 bits per heavy atom. The molecule has 2 aromatic heterocycles. The van der Waals surface area contributed by atoms with Crippen molar-refractivity contribution in [2.45, 2.75) is 26.9 Å². The Morgan fingerprint density at radius 3 is 2.35 bits per heavy atom. The lowest BCUT2D eigenvalue weighted by Crippen LogP contribution is -2.15. The number of aromatic amines is 1. The van der Waals surface area contributed by atoms with E-state index in [-0.39, 0.29) is 5.56 Å². The minimum absolute atomic E-state index is 0.265. The normalized spacial score (nSPS) is 11.7. The highest BCUT2D eigenvalue weighted by molar-refractivity contribution is 6.05. The summed E-state index contributed by atoms with van der Waals surface area (Å²) in [7, 11) is 0. The summed E-state index contributed by atoms with van der Waals surface area (Å²) < 4.78 is 42.3. The number of carbonyl (C=O) groups is 1. The van der Waals surface area contributed by atoms with E-state index in [4.69, 9.17) is 4.42 Å². The summed E-state index contributed by atoms with van der Waals surface area (Å²) in [5, 5.41) is 7.20. The van der Waals surface area contributed by atoms with Gasteiger partial charge in [-0.2, -0.15) is 18.2 Å². The zero-order valence-corrected chi connectivity index (χ0v) is 10.8. The molecule has 0 spiro atoms. The van der Waals surface area contributed by atoms with Gasteiger partial charge >= 0.3 is 6.18 Å². The number of nitrogens with one attached hydrogen (secondary N) is 2. The maximum Gasteiger partial charge on any atom is 0.451 e. The fourth-order valence-corrected chi connectivity index (χ4v) is 1.74. The van der Waals surface area contributed by atoms with Crippen LogP contribution in [0.5, 0.6) is 0 Å². The van der Waals surface area contributed by atoms with Crippen molar-refractivity contribution < 1.29 is 22.4 Å². The van der Waals surface area contributed by atoms with Gasteiger partial charge in [-0.05, 0) is 20.8 Å². The third kappa shape index (κ3) is 2.51. The average Bonchev–Trinajstić information content (AvgIpc) is 2.85. The summed E-state index contributed by atoms with van der Waals surface area (Å²) in [5.74, 6) is -1.39. The molecule has 0 aliphatic rings. The molecule has 0 atom stereocenters. The monoisotopic (exact) mass is 288 g/mol. The molecule has 0 aliphatic heterocycles. The van der Waals surface area contributed by atoms with Crippen molar-refractivity contribution >= 4 is 11.9 Å². The van der Waals surface area contributed by atoms with Crippen LogP contribution in [-0.4, -0.2) is 21.1 Å². The molecule has 0 saturated carbocycles. The van der Waals surface area contributed by atoms with Crippen LogP contribution in [0.1, 0.15) is 33.3 Å². The first-order valence-corrected chi connectivity index (χ1v) is 5.57. The van der Waals surface area contributed by atoms with E-state index in [9.17, 15) is 18.0 Å². The number of anilines is 1. The Balaban J connectivity index is 2.22. The maximum absolute atomic E-state index is 12.3. The Labute approximate surface area is 111 Å². The number of carbonyl (C=O) groups excluding carboxylic acids is 1. The van der Waals surface area contributed by atoms with Gasteiger partial charge in [-0.25, -0.2) is 0 Å². The molecule has 2 N–H and O–H groups in total. The molecule has 6 nitrogen and oxygen atoms in total. The van der Waals surface area contributed by atoms with Crippen LogP contribution in [0.15, 0.2) is 4.42 Å². The molecule has 0 saturated heterocycles. The first-order valence-electron chi connectivity index (χ1n) is 5.57. The number of aryl methyl sites for hydroxylation is 2. The van der Waals surface area contributed by atoms with Gasteiger partial charge in [-0.1, -0.05) is 0 Å². The van der Waals surface area contributed by atoms with Crippen molar-refractivity contribution in [3.63, 3.8) is 0 Å². The second kappa shape index (κ2) is 4.66. The highest BCUT2D eigenvalue weighted by Gasteiger charge is 2.35. The van der Waals surface area contributed by atoms with E-state index in [0.717, 1.165) is 0 Å². The zero-order valence-electron chi connectivity index (χ0n) is 10.8. The van der Waals surface area contributed by atoms with E-state index in [1.807, 2.05) is 0 Å². The lowest BCUT2D eigenvalue weighted by Gasteiger charge is -2.01. The Bertz CT molecular complexity index is 657. The number of nitrogens with zero attached hydrogens (tertiary/aromatic N) is 2. The number of furan rings is 1. The van der Waals surface area contributed by atoms with Crippen LogP contribution in [0.3, 0.4) is 0 Å². The van der Waals surface area contributed by atoms with Crippen molar-refractivity contribution in [1.82, 2.24) is 15.2 Å². The summed E-state index contributed by atoms with van der Waals surface area (Å²) >= 11 is 0. The van der Waals surface area contributed by atoms with Crippen LogP contribution >= 0.6 is 0 Å². The van der Waals surface area contributed by atoms with E-state index in [2.05, 4.69) is 15.4 Å². The summed E-state index contributed by atoms with van der Waals surface area (Å²) in [6, 6.07) is 0. The molecule has 1 amide bonds. The molecule has 20 heavy (non-hydrogen) atoms. The van der Waals surface area contributed by atoms with Gasteiger partial charge in [0.15, 0.2) is 0 Å². The number of amides is 1. The number of halogens is 3. The minimum atomic E-state index is -4.64. The van der Waals surface area contributed by atoms with Crippen LogP contribution in [-0.2, 0) is 6.18 Å². The topological polar surface area (TPSA) is 83.8 Å². The van der Waals surface area contributed by atoms with Crippen LogP contribution in [0.4, 0.5) is 19.1 Å².